The average Bonchev–Trinajstić information content (AvgIpc) is 3.08. The van der Waals surface area contributed by atoms with Crippen LogP contribution in [0.4, 0.5) is 0 Å². The van der Waals surface area contributed by atoms with Crippen LogP contribution in [0.5, 0.6) is 0 Å². The summed E-state index contributed by atoms with van der Waals surface area (Å²) in [6, 6.07) is 7.34. The first kappa shape index (κ1) is 14.1. The molecule has 0 radical (unpaired) electrons. The highest BCUT2D eigenvalue weighted by Crippen LogP contribution is 2.49. The van der Waals surface area contributed by atoms with Gasteiger partial charge in [0.05, 0.1) is 0 Å². The van der Waals surface area contributed by atoms with E-state index in [9.17, 15) is 9.59 Å². The van der Waals surface area contributed by atoms with E-state index in [1.807, 2.05) is 25.1 Å². The van der Waals surface area contributed by atoms with E-state index in [1.54, 1.807) is 6.07 Å². The van der Waals surface area contributed by atoms with Crippen LogP contribution in [-0.2, 0) is 4.79 Å². The summed E-state index contributed by atoms with van der Waals surface area (Å²) in [5.41, 5.74) is 6.57. The van der Waals surface area contributed by atoms with Gasteiger partial charge in [-0.25, -0.2) is 0 Å². The number of rotatable bonds is 3. The number of carbonyl (C=O) groups is 2. The van der Waals surface area contributed by atoms with Crippen LogP contribution in [0.15, 0.2) is 24.3 Å². The molecule has 4 heteroatoms. The molecule has 1 aromatic rings. The van der Waals surface area contributed by atoms with Crippen molar-refractivity contribution in [3.05, 3.63) is 35.4 Å². The number of nitrogens with one attached hydrogen (secondary N) is 2. The lowest BCUT2D eigenvalue weighted by Crippen LogP contribution is -2.42. The van der Waals surface area contributed by atoms with E-state index in [-0.39, 0.29) is 11.8 Å². The maximum atomic E-state index is 12.0. The Morgan fingerprint density at radius 1 is 1.14 bits per heavy atom. The van der Waals surface area contributed by atoms with Crippen molar-refractivity contribution in [3.8, 4) is 0 Å². The highest BCUT2D eigenvalue weighted by atomic mass is 16.2. The summed E-state index contributed by atoms with van der Waals surface area (Å²) in [7, 11) is 0. The molecule has 0 aliphatic heterocycles. The average molecular weight is 286 g/mol. The predicted molar refractivity (Wildman–Crippen MR) is 80.3 cm³/mol. The van der Waals surface area contributed by atoms with Crippen molar-refractivity contribution in [2.24, 2.45) is 17.8 Å². The van der Waals surface area contributed by atoms with Crippen molar-refractivity contribution >= 4 is 11.8 Å². The Hall–Kier alpha value is -1.84. The number of hydrogen-bond donors (Lipinski definition) is 2. The largest absolute Gasteiger partial charge is 0.273 e. The molecule has 0 unspecified atom stereocenters. The van der Waals surface area contributed by atoms with Crippen LogP contribution in [-0.4, -0.2) is 11.8 Å². The van der Waals surface area contributed by atoms with Crippen LogP contribution in [0.3, 0.4) is 0 Å². The zero-order valence-corrected chi connectivity index (χ0v) is 12.4. The van der Waals surface area contributed by atoms with Crippen LogP contribution >= 0.6 is 0 Å². The minimum Gasteiger partial charge on any atom is -0.273 e. The number of hydrazine groups is 1. The minimum absolute atomic E-state index is 0.0746. The van der Waals surface area contributed by atoms with Gasteiger partial charge in [0, 0.05) is 12.0 Å². The number of benzene rings is 1. The zero-order valence-electron chi connectivity index (χ0n) is 12.4. The highest BCUT2D eigenvalue weighted by molar-refractivity contribution is 5.96. The lowest BCUT2D eigenvalue weighted by molar-refractivity contribution is -0.123. The number of aryl methyl sites for hydroxylation is 1. The van der Waals surface area contributed by atoms with Crippen molar-refractivity contribution in [1.82, 2.24) is 10.9 Å². The van der Waals surface area contributed by atoms with E-state index < -0.39 is 0 Å². The van der Waals surface area contributed by atoms with Gasteiger partial charge in [-0.2, -0.15) is 0 Å². The van der Waals surface area contributed by atoms with E-state index in [4.69, 9.17) is 0 Å². The number of carbonyl (C=O) groups excluding carboxylic acids is 2. The molecule has 0 saturated heterocycles. The van der Waals surface area contributed by atoms with E-state index in [1.165, 1.54) is 25.7 Å². The standard InChI is InChI=1S/C17H22N2O2/c1-11-4-2-3-5-15(11)17(21)19-18-16(20)10-14-9-12-6-7-13(14)8-12/h2-5,12-14H,6-10H2,1H3,(H,18,20)(H,19,21)/t12-,13-,14+/m0/s1. The van der Waals surface area contributed by atoms with Gasteiger partial charge in [0.1, 0.15) is 0 Å². The van der Waals surface area contributed by atoms with Gasteiger partial charge in [0.25, 0.3) is 5.91 Å². The smallest absolute Gasteiger partial charge is 0.269 e. The Balaban J connectivity index is 1.48. The molecule has 2 aliphatic rings. The molecule has 2 aliphatic carbocycles. The maximum absolute atomic E-state index is 12.0. The monoisotopic (exact) mass is 286 g/mol. The molecule has 21 heavy (non-hydrogen) atoms. The van der Waals surface area contributed by atoms with Crippen LogP contribution in [0.1, 0.15) is 48.0 Å². The molecule has 2 fully saturated rings. The second-order valence-corrected chi connectivity index (χ2v) is 6.46. The topological polar surface area (TPSA) is 58.2 Å². The van der Waals surface area contributed by atoms with Crippen LogP contribution in [0.2, 0.25) is 0 Å². The molecule has 0 spiro atoms. The van der Waals surface area contributed by atoms with Crippen molar-refractivity contribution in [2.45, 2.75) is 39.0 Å². The van der Waals surface area contributed by atoms with E-state index >= 15 is 0 Å². The Kier molecular flexibility index (Phi) is 3.95. The van der Waals surface area contributed by atoms with E-state index in [2.05, 4.69) is 10.9 Å². The molecular formula is C17H22N2O2. The molecule has 4 nitrogen and oxygen atoms in total. The summed E-state index contributed by atoms with van der Waals surface area (Å²) in [5.74, 6) is 1.75. The molecular weight excluding hydrogens is 264 g/mol. The first-order chi connectivity index (χ1) is 10.1. The normalized spacial score (nSPS) is 26.6. The predicted octanol–water partition coefficient (Wildman–Crippen LogP) is 2.58. The molecule has 1 aromatic carbocycles. The Morgan fingerprint density at radius 2 is 1.95 bits per heavy atom. The van der Waals surface area contributed by atoms with Gasteiger partial charge in [0.2, 0.25) is 5.91 Å². The van der Waals surface area contributed by atoms with Gasteiger partial charge in [0.15, 0.2) is 0 Å². The van der Waals surface area contributed by atoms with Crippen molar-refractivity contribution in [3.63, 3.8) is 0 Å². The first-order valence-corrected chi connectivity index (χ1v) is 7.78. The molecule has 0 heterocycles. The van der Waals surface area contributed by atoms with Crippen molar-refractivity contribution < 1.29 is 9.59 Å². The Morgan fingerprint density at radius 3 is 2.62 bits per heavy atom. The second-order valence-electron chi connectivity index (χ2n) is 6.46. The fourth-order valence-corrected chi connectivity index (χ4v) is 3.94. The summed E-state index contributed by atoms with van der Waals surface area (Å²) in [6.07, 6.45) is 5.64. The maximum Gasteiger partial charge on any atom is 0.269 e. The third-order valence-corrected chi connectivity index (χ3v) is 5.04. The minimum atomic E-state index is -0.255. The van der Waals surface area contributed by atoms with Gasteiger partial charge >= 0.3 is 0 Å². The quantitative estimate of drug-likeness (QED) is 0.839. The summed E-state index contributed by atoms with van der Waals surface area (Å²) in [6.45, 7) is 1.88. The molecule has 2 N–H and O–H groups in total. The highest BCUT2D eigenvalue weighted by Gasteiger charge is 2.40. The number of fused-ring (bicyclic) bond motifs is 2. The van der Waals surface area contributed by atoms with Gasteiger partial charge < -0.3 is 0 Å². The summed E-state index contributed by atoms with van der Waals surface area (Å²) >= 11 is 0. The zero-order chi connectivity index (χ0) is 14.8. The van der Waals surface area contributed by atoms with Crippen LogP contribution < -0.4 is 10.9 Å². The second kappa shape index (κ2) is 5.88. The molecule has 112 valence electrons. The van der Waals surface area contributed by atoms with Gasteiger partial charge in [-0.05, 0) is 55.6 Å². The van der Waals surface area contributed by atoms with Gasteiger partial charge in [-0.15, -0.1) is 0 Å². The van der Waals surface area contributed by atoms with Gasteiger partial charge in [-0.3, -0.25) is 20.4 Å². The molecule has 3 rings (SSSR count). The lowest BCUT2D eigenvalue weighted by Gasteiger charge is -2.21. The Labute approximate surface area is 125 Å². The number of hydrogen-bond acceptors (Lipinski definition) is 2. The lowest BCUT2D eigenvalue weighted by atomic mass is 9.86. The molecule has 2 saturated carbocycles. The van der Waals surface area contributed by atoms with Crippen LogP contribution in [0, 0.1) is 24.7 Å². The van der Waals surface area contributed by atoms with Crippen molar-refractivity contribution in [1.29, 1.82) is 0 Å². The summed E-state index contributed by atoms with van der Waals surface area (Å²) < 4.78 is 0. The van der Waals surface area contributed by atoms with Crippen LogP contribution in [0.25, 0.3) is 0 Å². The molecule has 0 aromatic heterocycles. The third-order valence-electron chi connectivity index (χ3n) is 5.04. The number of amides is 2. The van der Waals surface area contributed by atoms with Gasteiger partial charge in [-0.1, -0.05) is 24.6 Å². The first-order valence-electron chi connectivity index (χ1n) is 7.78. The fraction of sp³-hybridized carbons (Fsp3) is 0.529. The van der Waals surface area contributed by atoms with E-state index in [0.29, 0.717) is 17.9 Å². The van der Waals surface area contributed by atoms with E-state index in [0.717, 1.165) is 17.4 Å². The molecule has 2 bridgehead atoms. The summed E-state index contributed by atoms with van der Waals surface area (Å²) in [5, 5.41) is 0. The summed E-state index contributed by atoms with van der Waals surface area (Å²) in [4.78, 5) is 24.0. The third kappa shape index (κ3) is 3.09. The Bertz CT molecular complexity index is 555. The fourth-order valence-electron chi connectivity index (χ4n) is 3.94. The molecule has 2 amide bonds. The molecule has 3 atom stereocenters. The van der Waals surface area contributed by atoms with Crippen molar-refractivity contribution in [2.75, 3.05) is 0 Å². The SMILES string of the molecule is Cc1ccccc1C(=O)NNC(=O)C[C@H]1C[C@H]2CC[C@H]1C2.